The molecule has 5 heteroatoms. The molecule has 2 atom stereocenters. The number of halogens is 1. The van der Waals surface area contributed by atoms with Crippen LogP contribution >= 0.6 is 11.6 Å². The molecule has 0 amide bonds. The van der Waals surface area contributed by atoms with Crippen molar-refractivity contribution >= 4 is 20.2 Å². The van der Waals surface area contributed by atoms with Crippen molar-refractivity contribution in [3.63, 3.8) is 0 Å². The number of alkyl halides is 1. The van der Waals surface area contributed by atoms with Crippen LogP contribution in [-0.4, -0.2) is 27.6 Å². The Morgan fingerprint density at radius 2 is 2.31 bits per heavy atom. The van der Waals surface area contributed by atoms with E-state index in [1.165, 1.54) is 12.8 Å². The first-order valence-electron chi connectivity index (χ1n) is 6.31. The monoisotopic (exact) mass is 265 g/mol. The van der Waals surface area contributed by atoms with E-state index in [-0.39, 0.29) is 0 Å². The molecule has 0 spiro atoms. The van der Waals surface area contributed by atoms with Gasteiger partial charge in [0.1, 0.15) is 0 Å². The predicted octanol–water partition coefficient (Wildman–Crippen LogP) is 3.05. The highest BCUT2D eigenvalue weighted by molar-refractivity contribution is 6.65. The van der Waals surface area contributed by atoms with E-state index in [2.05, 4.69) is 19.0 Å². The Hall–Kier alpha value is 0.387. The van der Waals surface area contributed by atoms with Gasteiger partial charge in [-0.05, 0) is 37.8 Å². The fourth-order valence-electron chi connectivity index (χ4n) is 2.05. The summed E-state index contributed by atoms with van der Waals surface area (Å²) in [6, 6.07) is 0.974. The van der Waals surface area contributed by atoms with Crippen molar-refractivity contribution in [2.75, 3.05) is 19.0 Å². The molecule has 1 aliphatic rings. The SMILES string of the molecule is CCCC1CCO[Si](C)(CCCCl)ONC1. The van der Waals surface area contributed by atoms with Gasteiger partial charge in [-0.15, -0.1) is 11.6 Å². The zero-order chi connectivity index (χ0) is 11.9. The Morgan fingerprint density at radius 1 is 1.50 bits per heavy atom. The summed E-state index contributed by atoms with van der Waals surface area (Å²) in [5.74, 6) is 1.38. The minimum atomic E-state index is -1.99. The summed E-state index contributed by atoms with van der Waals surface area (Å²) in [4.78, 5) is 0. The Kier molecular flexibility index (Phi) is 6.92. The van der Waals surface area contributed by atoms with Crippen molar-refractivity contribution in [3.05, 3.63) is 0 Å². The molecule has 0 bridgehead atoms. The number of nitrogens with one attached hydrogen (secondary N) is 1. The van der Waals surface area contributed by atoms with Crippen molar-refractivity contribution in [2.45, 2.75) is 45.2 Å². The van der Waals surface area contributed by atoms with Crippen molar-refractivity contribution in [2.24, 2.45) is 5.92 Å². The highest BCUT2D eigenvalue weighted by atomic mass is 35.5. The van der Waals surface area contributed by atoms with Crippen LogP contribution in [0.5, 0.6) is 0 Å². The van der Waals surface area contributed by atoms with Gasteiger partial charge in [0.25, 0.3) is 0 Å². The molecule has 1 fully saturated rings. The number of hydrogen-bond donors (Lipinski definition) is 1. The van der Waals surface area contributed by atoms with Crippen LogP contribution in [0.15, 0.2) is 0 Å². The standard InChI is InChI=1S/C11H24ClNO2Si/c1-3-5-11-6-8-14-16(2,9-4-7-12)15-13-10-11/h11,13H,3-10H2,1-2H3. The Morgan fingerprint density at radius 3 is 3.00 bits per heavy atom. The average molecular weight is 266 g/mol. The van der Waals surface area contributed by atoms with Crippen LogP contribution in [0.25, 0.3) is 0 Å². The lowest BCUT2D eigenvalue weighted by atomic mass is 10.0. The molecule has 16 heavy (non-hydrogen) atoms. The second-order valence-electron chi connectivity index (χ2n) is 4.67. The maximum absolute atomic E-state index is 5.94. The molecule has 1 aliphatic heterocycles. The molecule has 2 unspecified atom stereocenters. The third kappa shape index (κ3) is 5.14. The molecule has 0 aliphatic carbocycles. The van der Waals surface area contributed by atoms with E-state index in [4.69, 9.17) is 20.6 Å². The maximum Gasteiger partial charge on any atom is 0.355 e. The summed E-state index contributed by atoms with van der Waals surface area (Å²) in [6.07, 6.45) is 4.60. The van der Waals surface area contributed by atoms with Gasteiger partial charge >= 0.3 is 8.56 Å². The van der Waals surface area contributed by atoms with E-state index in [0.29, 0.717) is 11.8 Å². The second kappa shape index (κ2) is 7.66. The van der Waals surface area contributed by atoms with E-state index in [9.17, 15) is 0 Å². The highest BCUT2D eigenvalue weighted by Crippen LogP contribution is 2.20. The van der Waals surface area contributed by atoms with E-state index < -0.39 is 8.56 Å². The highest BCUT2D eigenvalue weighted by Gasteiger charge is 2.33. The lowest BCUT2D eigenvalue weighted by Crippen LogP contribution is -2.47. The average Bonchev–Trinajstić information content (AvgIpc) is 2.24. The van der Waals surface area contributed by atoms with Gasteiger partial charge in [0, 0.05) is 19.0 Å². The first kappa shape index (κ1) is 14.4. The summed E-state index contributed by atoms with van der Waals surface area (Å²) in [5.41, 5.74) is 3.12. The molecule has 0 saturated carbocycles. The summed E-state index contributed by atoms with van der Waals surface area (Å²) in [7, 11) is -1.99. The predicted molar refractivity (Wildman–Crippen MR) is 69.8 cm³/mol. The molecule has 0 radical (unpaired) electrons. The van der Waals surface area contributed by atoms with E-state index in [1.54, 1.807) is 0 Å². The third-order valence-corrected chi connectivity index (χ3v) is 5.97. The minimum absolute atomic E-state index is 0.688. The normalized spacial score (nSPS) is 32.1. The molecular weight excluding hydrogens is 242 g/mol. The number of rotatable bonds is 5. The topological polar surface area (TPSA) is 30.5 Å². The molecule has 1 saturated heterocycles. The molecule has 0 aromatic heterocycles. The van der Waals surface area contributed by atoms with Crippen LogP contribution in [0, 0.1) is 5.92 Å². The van der Waals surface area contributed by atoms with Crippen LogP contribution in [-0.2, 0) is 8.95 Å². The van der Waals surface area contributed by atoms with Crippen LogP contribution < -0.4 is 5.48 Å². The van der Waals surface area contributed by atoms with Gasteiger partial charge in [0.2, 0.25) is 0 Å². The molecule has 3 nitrogen and oxygen atoms in total. The molecule has 0 aromatic carbocycles. The lowest BCUT2D eigenvalue weighted by molar-refractivity contribution is 0.0680. The van der Waals surface area contributed by atoms with E-state index in [0.717, 1.165) is 32.0 Å². The van der Waals surface area contributed by atoms with Crippen molar-refractivity contribution < 1.29 is 8.95 Å². The quantitative estimate of drug-likeness (QED) is 0.612. The van der Waals surface area contributed by atoms with Gasteiger partial charge in [0.05, 0.1) is 0 Å². The molecule has 1 rings (SSSR count). The lowest BCUT2D eigenvalue weighted by Gasteiger charge is -2.31. The molecular formula is C11H24ClNO2Si. The van der Waals surface area contributed by atoms with E-state index >= 15 is 0 Å². The van der Waals surface area contributed by atoms with Gasteiger partial charge < -0.3 is 8.95 Å². The first-order chi connectivity index (χ1) is 7.70. The van der Waals surface area contributed by atoms with Gasteiger partial charge in [0.15, 0.2) is 0 Å². The van der Waals surface area contributed by atoms with Crippen LogP contribution in [0.3, 0.4) is 0 Å². The van der Waals surface area contributed by atoms with Crippen molar-refractivity contribution in [1.29, 1.82) is 0 Å². The maximum atomic E-state index is 5.94. The number of hydroxylamine groups is 1. The Balaban J connectivity index is 2.33. The fourth-order valence-corrected chi connectivity index (χ4v) is 4.47. The molecule has 1 heterocycles. The minimum Gasteiger partial charge on any atom is -0.394 e. The second-order valence-corrected chi connectivity index (χ2v) is 8.31. The summed E-state index contributed by atoms with van der Waals surface area (Å²) in [6.45, 7) is 6.14. The molecule has 0 aromatic rings. The van der Waals surface area contributed by atoms with Crippen molar-refractivity contribution in [1.82, 2.24) is 5.48 Å². The summed E-state index contributed by atoms with van der Waals surface area (Å²) in [5, 5.41) is 0. The Labute approximate surface area is 105 Å². The first-order valence-corrected chi connectivity index (χ1v) is 9.37. The van der Waals surface area contributed by atoms with Crippen LogP contribution in [0.2, 0.25) is 12.6 Å². The van der Waals surface area contributed by atoms with Crippen LogP contribution in [0.1, 0.15) is 32.6 Å². The fraction of sp³-hybridized carbons (Fsp3) is 1.00. The zero-order valence-corrected chi connectivity index (χ0v) is 12.2. The smallest absolute Gasteiger partial charge is 0.355 e. The van der Waals surface area contributed by atoms with Crippen LogP contribution in [0.4, 0.5) is 0 Å². The van der Waals surface area contributed by atoms with Gasteiger partial charge in [-0.1, -0.05) is 13.3 Å². The third-order valence-electron chi connectivity index (χ3n) is 3.06. The summed E-state index contributed by atoms with van der Waals surface area (Å²) < 4.78 is 11.7. The van der Waals surface area contributed by atoms with Gasteiger partial charge in [-0.3, -0.25) is 0 Å². The molecule has 96 valence electrons. The zero-order valence-electron chi connectivity index (χ0n) is 10.4. The largest absolute Gasteiger partial charge is 0.394 e. The number of hydrogen-bond acceptors (Lipinski definition) is 3. The summed E-state index contributed by atoms with van der Waals surface area (Å²) >= 11 is 5.71. The van der Waals surface area contributed by atoms with Gasteiger partial charge in [-0.25, -0.2) is 5.48 Å². The Bertz CT molecular complexity index is 185. The van der Waals surface area contributed by atoms with Gasteiger partial charge in [-0.2, -0.15) is 0 Å². The molecule has 1 N–H and O–H groups in total. The van der Waals surface area contributed by atoms with E-state index in [1.807, 2.05) is 0 Å². The van der Waals surface area contributed by atoms with Crippen molar-refractivity contribution in [3.8, 4) is 0 Å².